The molecule has 0 saturated heterocycles. The fourth-order valence-electron chi connectivity index (χ4n) is 1.61. The van der Waals surface area contributed by atoms with E-state index in [1.807, 2.05) is 13.8 Å². The zero-order valence-electron chi connectivity index (χ0n) is 10.8. The lowest BCUT2D eigenvalue weighted by atomic mass is 10.1. The first-order valence-electron chi connectivity index (χ1n) is 6.25. The number of hydrogen-bond acceptors (Lipinski definition) is 3. The van der Waals surface area contributed by atoms with Gasteiger partial charge < -0.3 is 5.21 Å². The summed E-state index contributed by atoms with van der Waals surface area (Å²) in [7, 11) is 0. The molecule has 94 valence electrons. The van der Waals surface area contributed by atoms with Crippen LogP contribution in [0.4, 0.5) is 0 Å². The minimum Gasteiger partial charge on any atom is -0.359 e. The predicted molar refractivity (Wildman–Crippen MR) is 65.2 cm³/mol. The smallest absolute Gasteiger partial charge is 0.294 e. The zero-order valence-corrected chi connectivity index (χ0v) is 10.8. The second-order valence-electron chi connectivity index (χ2n) is 4.43. The van der Waals surface area contributed by atoms with Crippen LogP contribution in [-0.2, 0) is 0 Å². The van der Waals surface area contributed by atoms with E-state index in [0.717, 1.165) is 12.8 Å². The molecule has 0 aliphatic carbocycles. The zero-order chi connectivity index (χ0) is 12.7. The van der Waals surface area contributed by atoms with E-state index in [1.165, 1.54) is 19.3 Å². The van der Waals surface area contributed by atoms with Crippen LogP contribution in [0.1, 0.15) is 70.2 Å². The number of nitrogens with zero attached hydrogens (tertiary/aromatic N) is 2. The monoisotopic (exact) mass is 236 g/mol. The Balaban J connectivity index is 2.54. The Bertz CT molecular complexity index is 399. The lowest BCUT2D eigenvalue weighted by molar-refractivity contribution is -0.808. The van der Waals surface area contributed by atoms with Gasteiger partial charge in [-0.15, -0.1) is 0 Å². The van der Waals surface area contributed by atoms with Gasteiger partial charge in [-0.2, -0.15) is 0 Å². The molecule has 0 amide bonds. The summed E-state index contributed by atoms with van der Waals surface area (Å²) in [6.45, 7) is 6.03. The second kappa shape index (κ2) is 6.95. The first-order valence-corrected chi connectivity index (χ1v) is 6.25. The van der Waals surface area contributed by atoms with Gasteiger partial charge in [0.15, 0.2) is 0 Å². The van der Waals surface area contributed by atoms with Crippen LogP contribution in [0.2, 0.25) is 0 Å². The van der Waals surface area contributed by atoms with Crippen molar-refractivity contribution in [3.63, 3.8) is 0 Å². The van der Waals surface area contributed by atoms with Gasteiger partial charge in [0.25, 0.3) is 5.69 Å². The summed E-state index contributed by atoms with van der Waals surface area (Å²) < 4.78 is 4.56. The third-order valence-corrected chi connectivity index (χ3v) is 2.55. The van der Waals surface area contributed by atoms with Crippen LogP contribution >= 0.6 is 0 Å². The SMILES string of the molecule is CCCCCCC#Cc1no[n+]([O-])c1C(C)C. The summed E-state index contributed by atoms with van der Waals surface area (Å²) in [5, 5.41) is 14.9. The standard InChI is InChI=1S/C13H20N2O2/c1-4-5-6-7-8-9-10-12-13(11(2)3)15(16)17-14-12/h11H,4-8H2,1-3H3. The molecule has 1 heterocycles. The van der Waals surface area contributed by atoms with Gasteiger partial charge in [0.05, 0.1) is 5.16 Å². The van der Waals surface area contributed by atoms with E-state index in [-0.39, 0.29) is 5.92 Å². The molecule has 0 unspecified atom stereocenters. The minimum absolute atomic E-state index is 0.0724. The van der Waals surface area contributed by atoms with Gasteiger partial charge >= 0.3 is 0 Å². The Morgan fingerprint density at radius 2 is 2.12 bits per heavy atom. The first-order chi connectivity index (χ1) is 8.16. The van der Waals surface area contributed by atoms with E-state index >= 15 is 0 Å². The lowest BCUT2D eigenvalue weighted by Gasteiger charge is -1.97. The summed E-state index contributed by atoms with van der Waals surface area (Å²) in [6.07, 6.45) is 5.65. The van der Waals surface area contributed by atoms with Crippen molar-refractivity contribution in [1.82, 2.24) is 5.16 Å². The molecule has 1 aromatic heterocycles. The van der Waals surface area contributed by atoms with Gasteiger partial charge in [-0.25, -0.2) is 0 Å². The van der Waals surface area contributed by atoms with Crippen LogP contribution in [0.25, 0.3) is 0 Å². The molecular formula is C13H20N2O2. The van der Waals surface area contributed by atoms with Crippen LogP contribution in [0.15, 0.2) is 4.63 Å². The quantitative estimate of drug-likeness (QED) is 0.448. The van der Waals surface area contributed by atoms with Gasteiger partial charge in [0.1, 0.15) is 0 Å². The van der Waals surface area contributed by atoms with Gasteiger partial charge in [0.2, 0.25) is 5.69 Å². The second-order valence-corrected chi connectivity index (χ2v) is 4.43. The minimum atomic E-state index is 0.0724. The average molecular weight is 236 g/mol. The molecule has 4 nitrogen and oxygen atoms in total. The largest absolute Gasteiger partial charge is 0.359 e. The molecule has 1 aromatic rings. The summed E-state index contributed by atoms with van der Waals surface area (Å²) in [5.74, 6) is 6.03. The molecule has 0 aliphatic rings. The molecule has 0 saturated carbocycles. The summed E-state index contributed by atoms with van der Waals surface area (Å²) in [4.78, 5) is 0.450. The molecule has 4 heteroatoms. The Labute approximate surface area is 103 Å². The molecular weight excluding hydrogens is 216 g/mol. The van der Waals surface area contributed by atoms with E-state index in [1.54, 1.807) is 0 Å². The molecule has 0 aromatic carbocycles. The Kier molecular flexibility index (Phi) is 5.55. The predicted octanol–water partition coefficient (Wildman–Crippen LogP) is 2.75. The Hall–Kier alpha value is -1.50. The van der Waals surface area contributed by atoms with Gasteiger partial charge in [-0.05, 0) is 17.2 Å². The Morgan fingerprint density at radius 3 is 2.76 bits per heavy atom. The maximum absolute atomic E-state index is 11.3. The Morgan fingerprint density at radius 1 is 1.35 bits per heavy atom. The van der Waals surface area contributed by atoms with Crippen LogP contribution in [0.3, 0.4) is 0 Å². The molecule has 17 heavy (non-hydrogen) atoms. The highest BCUT2D eigenvalue weighted by atomic mass is 16.8. The normalized spacial score (nSPS) is 10.4. The van der Waals surface area contributed by atoms with Crippen molar-refractivity contribution in [2.24, 2.45) is 0 Å². The number of rotatable bonds is 5. The molecule has 0 spiro atoms. The molecule has 0 aliphatic heterocycles. The molecule has 0 radical (unpaired) electrons. The lowest BCUT2D eigenvalue weighted by Crippen LogP contribution is -2.29. The van der Waals surface area contributed by atoms with E-state index in [0.29, 0.717) is 16.3 Å². The molecule has 0 bridgehead atoms. The summed E-state index contributed by atoms with van der Waals surface area (Å²) >= 11 is 0. The topological polar surface area (TPSA) is 53.0 Å². The third kappa shape index (κ3) is 4.10. The van der Waals surface area contributed by atoms with Crippen LogP contribution in [0, 0.1) is 17.0 Å². The molecule has 0 N–H and O–H groups in total. The maximum Gasteiger partial charge on any atom is 0.294 e. The summed E-state index contributed by atoms with van der Waals surface area (Å²) in [6, 6.07) is 0. The van der Waals surface area contributed by atoms with Crippen molar-refractivity contribution in [2.45, 2.75) is 58.8 Å². The van der Waals surface area contributed by atoms with Crippen molar-refractivity contribution in [1.29, 1.82) is 0 Å². The van der Waals surface area contributed by atoms with E-state index in [4.69, 9.17) is 0 Å². The molecule has 1 rings (SSSR count). The van der Waals surface area contributed by atoms with Gasteiger partial charge in [-0.1, -0.05) is 46.0 Å². The van der Waals surface area contributed by atoms with Gasteiger partial charge in [0, 0.05) is 12.3 Å². The van der Waals surface area contributed by atoms with Crippen molar-refractivity contribution in [3.8, 4) is 11.8 Å². The average Bonchev–Trinajstić information content (AvgIpc) is 2.65. The molecule has 0 fully saturated rings. The van der Waals surface area contributed by atoms with E-state index in [2.05, 4.69) is 28.6 Å². The fraction of sp³-hybridized carbons (Fsp3) is 0.692. The third-order valence-electron chi connectivity index (χ3n) is 2.55. The highest BCUT2D eigenvalue weighted by molar-refractivity contribution is 5.29. The highest BCUT2D eigenvalue weighted by Gasteiger charge is 2.20. The van der Waals surface area contributed by atoms with Crippen LogP contribution in [-0.4, -0.2) is 5.16 Å². The first kappa shape index (κ1) is 13.6. The van der Waals surface area contributed by atoms with E-state index < -0.39 is 0 Å². The number of aromatic nitrogens is 2. The van der Waals surface area contributed by atoms with Crippen LogP contribution < -0.4 is 4.90 Å². The van der Waals surface area contributed by atoms with Crippen molar-refractivity contribution >= 4 is 0 Å². The van der Waals surface area contributed by atoms with Gasteiger partial charge in [-0.3, -0.25) is 4.63 Å². The number of hydrogen-bond donors (Lipinski definition) is 0. The maximum atomic E-state index is 11.3. The number of unbranched alkanes of at least 4 members (excludes halogenated alkanes) is 4. The molecule has 0 atom stereocenters. The van der Waals surface area contributed by atoms with Crippen molar-refractivity contribution in [2.75, 3.05) is 0 Å². The van der Waals surface area contributed by atoms with Crippen LogP contribution in [0.5, 0.6) is 0 Å². The fourth-order valence-corrected chi connectivity index (χ4v) is 1.61. The van der Waals surface area contributed by atoms with Crippen molar-refractivity contribution < 1.29 is 9.53 Å². The summed E-state index contributed by atoms with van der Waals surface area (Å²) in [5.41, 5.74) is 0.997. The highest BCUT2D eigenvalue weighted by Crippen LogP contribution is 2.12. The van der Waals surface area contributed by atoms with E-state index in [9.17, 15) is 5.21 Å². The van der Waals surface area contributed by atoms with Crippen molar-refractivity contribution in [3.05, 3.63) is 16.6 Å².